The summed E-state index contributed by atoms with van der Waals surface area (Å²) in [6.07, 6.45) is -1.86. The van der Waals surface area contributed by atoms with Gasteiger partial charge in [0.15, 0.2) is 10.9 Å². The van der Waals surface area contributed by atoms with E-state index in [1.165, 1.54) is 12.1 Å². The third kappa shape index (κ3) is 3.04. The number of hydrogen-bond acceptors (Lipinski definition) is 5. The molecule has 0 amide bonds. The van der Waals surface area contributed by atoms with Crippen LogP contribution in [0.25, 0.3) is 0 Å². The molecule has 2 atom stereocenters. The van der Waals surface area contributed by atoms with Crippen LogP contribution in [-0.4, -0.2) is 33.0 Å². The lowest BCUT2D eigenvalue weighted by Crippen LogP contribution is -2.22. The lowest BCUT2D eigenvalue weighted by atomic mass is 10.1. The summed E-state index contributed by atoms with van der Waals surface area (Å²) in [7, 11) is 0. The van der Waals surface area contributed by atoms with Crippen molar-refractivity contribution in [3.63, 3.8) is 0 Å². The van der Waals surface area contributed by atoms with Gasteiger partial charge < -0.3 is 21.1 Å². The summed E-state index contributed by atoms with van der Waals surface area (Å²) >= 11 is 5.56. The fraction of sp³-hybridized carbons (Fsp3) is 0.444. The zero-order valence-corrected chi connectivity index (χ0v) is 8.72. The predicted octanol–water partition coefficient (Wildman–Crippen LogP) is 0.184. The highest BCUT2D eigenvalue weighted by Crippen LogP contribution is 2.24. The molecule has 0 spiro atoms. The van der Waals surface area contributed by atoms with E-state index in [9.17, 15) is 10.2 Å². The van der Waals surface area contributed by atoms with Crippen LogP contribution in [0.15, 0.2) is 12.1 Å². The SMILES string of the molecule is NCCC(O)C(O)c1ccc(O)c(Cl)n1. The molecule has 84 valence electrons. The van der Waals surface area contributed by atoms with Gasteiger partial charge in [-0.15, -0.1) is 0 Å². The van der Waals surface area contributed by atoms with Crippen molar-refractivity contribution < 1.29 is 15.3 Å². The van der Waals surface area contributed by atoms with E-state index in [1.807, 2.05) is 0 Å². The molecule has 1 aromatic rings. The fourth-order valence-electron chi connectivity index (χ4n) is 1.13. The van der Waals surface area contributed by atoms with Crippen molar-refractivity contribution >= 4 is 11.6 Å². The minimum absolute atomic E-state index is 0.105. The maximum Gasteiger partial charge on any atom is 0.171 e. The van der Waals surface area contributed by atoms with Gasteiger partial charge in [0.25, 0.3) is 0 Å². The molecule has 1 rings (SSSR count). The number of aliphatic hydroxyl groups excluding tert-OH is 2. The van der Waals surface area contributed by atoms with Gasteiger partial charge in [-0.3, -0.25) is 0 Å². The summed E-state index contributed by atoms with van der Waals surface area (Å²) < 4.78 is 0. The highest BCUT2D eigenvalue weighted by molar-refractivity contribution is 6.30. The van der Waals surface area contributed by atoms with Crippen LogP contribution in [-0.2, 0) is 0 Å². The van der Waals surface area contributed by atoms with Crippen molar-refractivity contribution in [2.24, 2.45) is 5.73 Å². The Morgan fingerprint density at radius 2 is 2.07 bits per heavy atom. The molecule has 0 radical (unpaired) electrons. The summed E-state index contributed by atoms with van der Waals surface area (Å²) in [5.74, 6) is -0.166. The monoisotopic (exact) mass is 232 g/mol. The first-order valence-electron chi connectivity index (χ1n) is 4.48. The summed E-state index contributed by atoms with van der Waals surface area (Å²) in [4.78, 5) is 3.74. The van der Waals surface area contributed by atoms with Crippen LogP contribution in [0.4, 0.5) is 0 Å². The highest BCUT2D eigenvalue weighted by atomic mass is 35.5. The lowest BCUT2D eigenvalue weighted by molar-refractivity contribution is 0.0125. The number of aromatic hydroxyl groups is 1. The Bertz CT molecular complexity index is 335. The number of pyridine rings is 1. The topological polar surface area (TPSA) is 99.6 Å². The highest BCUT2D eigenvalue weighted by Gasteiger charge is 2.19. The minimum atomic E-state index is -1.15. The zero-order chi connectivity index (χ0) is 11.4. The number of aliphatic hydroxyl groups is 2. The standard InChI is InChI=1S/C9H13ClN2O3/c10-9-7(14)2-1-5(12-9)8(15)6(13)3-4-11/h1-2,6,8,13-15H,3-4,11H2. The Morgan fingerprint density at radius 1 is 1.40 bits per heavy atom. The third-order valence-electron chi connectivity index (χ3n) is 1.98. The van der Waals surface area contributed by atoms with Crippen molar-refractivity contribution in [1.82, 2.24) is 4.98 Å². The molecule has 0 aliphatic heterocycles. The molecule has 1 heterocycles. The molecule has 15 heavy (non-hydrogen) atoms. The number of aromatic nitrogens is 1. The molecule has 5 nitrogen and oxygen atoms in total. The van der Waals surface area contributed by atoms with Gasteiger partial charge in [-0.2, -0.15) is 0 Å². The normalized spacial score (nSPS) is 14.9. The van der Waals surface area contributed by atoms with Crippen LogP contribution in [0, 0.1) is 0 Å². The van der Waals surface area contributed by atoms with E-state index in [1.54, 1.807) is 0 Å². The van der Waals surface area contributed by atoms with Gasteiger partial charge in [-0.1, -0.05) is 11.6 Å². The predicted molar refractivity (Wildman–Crippen MR) is 55.5 cm³/mol. The van der Waals surface area contributed by atoms with Crippen molar-refractivity contribution in [1.29, 1.82) is 0 Å². The molecular formula is C9H13ClN2O3. The van der Waals surface area contributed by atoms with Crippen molar-refractivity contribution in [2.75, 3.05) is 6.54 Å². The minimum Gasteiger partial charge on any atom is -0.505 e. The maximum atomic E-state index is 9.63. The zero-order valence-electron chi connectivity index (χ0n) is 7.97. The number of nitrogens with two attached hydrogens (primary N) is 1. The summed E-state index contributed by atoms with van der Waals surface area (Å²) in [5, 5.41) is 28.1. The second kappa shape index (κ2) is 5.27. The van der Waals surface area contributed by atoms with Gasteiger partial charge in [-0.25, -0.2) is 4.98 Å². The van der Waals surface area contributed by atoms with Crippen molar-refractivity contribution in [3.05, 3.63) is 23.0 Å². The third-order valence-corrected chi connectivity index (χ3v) is 2.26. The Morgan fingerprint density at radius 3 is 2.60 bits per heavy atom. The summed E-state index contributed by atoms with van der Waals surface area (Å²) in [6, 6.07) is 2.70. The Labute approximate surface area is 92.1 Å². The quantitative estimate of drug-likeness (QED) is 0.555. The first-order chi connectivity index (χ1) is 7.06. The van der Waals surface area contributed by atoms with Crippen molar-refractivity contribution in [2.45, 2.75) is 18.6 Å². The van der Waals surface area contributed by atoms with E-state index < -0.39 is 12.2 Å². The molecule has 0 aromatic carbocycles. The summed E-state index contributed by atoms with van der Waals surface area (Å²) in [5.41, 5.74) is 5.45. The van der Waals surface area contributed by atoms with Gasteiger partial charge in [0.05, 0.1) is 11.8 Å². The number of rotatable bonds is 4. The largest absolute Gasteiger partial charge is 0.505 e. The molecule has 0 fully saturated rings. The summed E-state index contributed by atoms with van der Waals surface area (Å²) in [6.45, 7) is 0.268. The Balaban J connectivity index is 2.81. The molecular weight excluding hydrogens is 220 g/mol. The Kier molecular flexibility index (Phi) is 4.28. The second-order valence-corrected chi connectivity index (χ2v) is 3.49. The molecule has 6 heteroatoms. The van der Waals surface area contributed by atoms with Crippen LogP contribution in [0.3, 0.4) is 0 Å². The molecule has 0 bridgehead atoms. The van der Waals surface area contributed by atoms with E-state index in [0.29, 0.717) is 0 Å². The van der Waals surface area contributed by atoms with Gasteiger partial charge in [0.1, 0.15) is 6.10 Å². The van der Waals surface area contributed by atoms with E-state index in [0.717, 1.165) is 0 Å². The van der Waals surface area contributed by atoms with E-state index in [2.05, 4.69) is 4.98 Å². The smallest absolute Gasteiger partial charge is 0.171 e. The number of hydrogen-bond donors (Lipinski definition) is 4. The molecule has 1 aromatic heterocycles. The number of halogens is 1. The molecule has 0 saturated carbocycles. The molecule has 0 aliphatic carbocycles. The van der Waals surface area contributed by atoms with Gasteiger partial charge in [-0.05, 0) is 25.1 Å². The lowest BCUT2D eigenvalue weighted by Gasteiger charge is -2.16. The number of nitrogens with zero attached hydrogens (tertiary/aromatic N) is 1. The molecule has 0 saturated heterocycles. The van der Waals surface area contributed by atoms with Crippen LogP contribution < -0.4 is 5.73 Å². The Hall–Kier alpha value is -0.880. The molecule has 2 unspecified atom stereocenters. The fourth-order valence-corrected chi connectivity index (χ4v) is 1.29. The van der Waals surface area contributed by atoms with Crippen LogP contribution >= 0.6 is 11.6 Å². The van der Waals surface area contributed by atoms with Gasteiger partial charge >= 0.3 is 0 Å². The van der Waals surface area contributed by atoms with Gasteiger partial charge in [0, 0.05) is 0 Å². The van der Waals surface area contributed by atoms with Crippen LogP contribution in [0.1, 0.15) is 18.2 Å². The van der Waals surface area contributed by atoms with Crippen LogP contribution in [0.2, 0.25) is 5.15 Å². The van der Waals surface area contributed by atoms with E-state index in [-0.39, 0.29) is 29.6 Å². The van der Waals surface area contributed by atoms with E-state index >= 15 is 0 Å². The average Bonchev–Trinajstić information content (AvgIpc) is 2.21. The van der Waals surface area contributed by atoms with Crippen LogP contribution in [0.5, 0.6) is 5.75 Å². The average molecular weight is 233 g/mol. The van der Waals surface area contributed by atoms with Crippen molar-refractivity contribution in [3.8, 4) is 5.75 Å². The first-order valence-corrected chi connectivity index (χ1v) is 4.85. The maximum absolute atomic E-state index is 9.63. The molecule has 5 N–H and O–H groups in total. The molecule has 0 aliphatic rings. The van der Waals surface area contributed by atoms with E-state index in [4.69, 9.17) is 22.4 Å². The second-order valence-electron chi connectivity index (χ2n) is 3.14. The first kappa shape index (κ1) is 12.2. The van der Waals surface area contributed by atoms with Gasteiger partial charge in [0.2, 0.25) is 0 Å².